The molecule has 1 heterocycles. The van der Waals surface area contributed by atoms with Crippen molar-refractivity contribution in [2.45, 2.75) is 38.6 Å². The molecule has 1 unspecified atom stereocenters. The quantitative estimate of drug-likeness (QED) is 0.859. The van der Waals surface area contributed by atoms with Crippen molar-refractivity contribution in [2.75, 3.05) is 5.32 Å². The average Bonchev–Trinajstić information content (AvgIpc) is 2.99. The average molecular weight is 268 g/mol. The number of nitrogens with one attached hydrogen (secondary N) is 1. The first-order valence-electron chi connectivity index (χ1n) is 6.88. The fraction of sp³-hybridized carbons (Fsp3) is 0.353. The Balaban J connectivity index is 2.13. The second-order valence-electron chi connectivity index (χ2n) is 5.43. The normalized spacial score (nSPS) is 12.7. The Bertz CT molecular complexity index is 576. The molecular formula is C17H20N2O. The highest BCUT2D eigenvalue weighted by Gasteiger charge is 2.19. The molecule has 1 N–H and O–H groups in total. The molecule has 1 aromatic carbocycles. The number of rotatable bonds is 5. The highest BCUT2D eigenvalue weighted by molar-refractivity contribution is 5.48. The predicted molar refractivity (Wildman–Crippen MR) is 80.4 cm³/mol. The van der Waals surface area contributed by atoms with Crippen LogP contribution in [0.4, 0.5) is 5.69 Å². The number of furan rings is 1. The van der Waals surface area contributed by atoms with Crippen LogP contribution in [0.1, 0.15) is 44.6 Å². The Morgan fingerprint density at radius 1 is 1.25 bits per heavy atom. The van der Waals surface area contributed by atoms with Gasteiger partial charge < -0.3 is 9.73 Å². The SMILES string of the molecule is CCC(Nc1ccc(C(C)(C)C#N)cc1)c1ccco1. The van der Waals surface area contributed by atoms with Crippen LogP contribution in [-0.4, -0.2) is 0 Å². The van der Waals surface area contributed by atoms with Gasteiger partial charge in [0.25, 0.3) is 0 Å². The smallest absolute Gasteiger partial charge is 0.125 e. The van der Waals surface area contributed by atoms with E-state index in [4.69, 9.17) is 9.68 Å². The first-order chi connectivity index (χ1) is 9.56. The van der Waals surface area contributed by atoms with Crippen molar-refractivity contribution < 1.29 is 4.42 Å². The topological polar surface area (TPSA) is 49.0 Å². The van der Waals surface area contributed by atoms with Crippen LogP contribution >= 0.6 is 0 Å². The van der Waals surface area contributed by atoms with Crippen LogP contribution in [0.5, 0.6) is 0 Å². The van der Waals surface area contributed by atoms with E-state index in [1.807, 2.05) is 50.2 Å². The summed E-state index contributed by atoms with van der Waals surface area (Å²) in [4.78, 5) is 0. The molecule has 3 nitrogen and oxygen atoms in total. The molecule has 20 heavy (non-hydrogen) atoms. The van der Waals surface area contributed by atoms with E-state index in [0.717, 1.165) is 23.4 Å². The summed E-state index contributed by atoms with van der Waals surface area (Å²) in [5.74, 6) is 0.939. The zero-order chi connectivity index (χ0) is 14.6. The number of nitrogens with zero attached hydrogens (tertiary/aromatic N) is 1. The van der Waals surface area contributed by atoms with Crippen molar-refractivity contribution in [1.82, 2.24) is 0 Å². The number of nitriles is 1. The molecule has 1 atom stereocenters. The standard InChI is InChI=1S/C17H20N2O/c1-4-15(16-6-5-11-20-16)19-14-9-7-13(8-10-14)17(2,3)12-18/h5-11,15,19H,4H2,1-3H3. The minimum absolute atomic E-state index is 0.167. The number of benzene rings is 1. The van der Waals surface area contributed by atoms with Crippen molar-refractivity contribution in [3.63, 3.8) is 0 Å². The second kappa shape index (κ2) is 5.83. The third-order valence-electron chi connectivity index (χ3n) is 3.52. The fourth-order valence-corrected chi connectivity index (χ4v) is 2.11. The first-order valence-corrected chi connectivity index (χ1v) is 6.88. The fourth-order valence-electron chi connectivity index (χ4n) is 2.11. The lowest BCUT2D eigenvalue weighted by molar-refractivity contribution is 0.474. The lowest BCUT2D eigenvalue weighted by Crippen LogP contribution is -2.14. The molecule has 0 aliphatic rings. The molecule has 0 aliphatic heterocycles. The van der Waals surface area contributed by atoms with Crippen molar-refractivity contribution in [2.24, 2.45) is 0 Å². The molecule has 104 valence electrons. The minimum Gasteiger partial charge on any atom is -0.467 e. The summed E-state index contributed by atoms with van der Waals surface area (Å²) in [6.45, 7) is 5.97. The molecule has 0 spiro atoms. The molecule has 0 saturated carbocycles. The maximum atomic E-state index is 9.15. The van der Waals surface area contributed by atoms with Crippen LogP contribution < -0.4 is 5.32 Å². The van der Waals surface area contributed by atoms with E-state index >= 15 is 0 Å². The summed E-state index contributed by atoms with van der Waals surface area (Å²) in [5, 5.41) is 12.6. The summed E-state index contributed by atoms with van der Waals surface area (Å²) in [6, 6.07) is 14.4. The van der Waals surface area contributed by atoms with Gasteiger partial charge in [-0.25, -0.2) is 0 Å². The summed E-state index contributed by atoms with van der Waals surface area (Å²) in [6.07, 6.45) is 2.64. The lowest BCUT2D eigenvalue weighted by atomic mass is 9.86. The van der Waals surface area contributed by atoms with E-state index in [9.17, 15) is 0 Å². The van der Waals surface area contributed by atoms with E-state index in [-0.39, 0.29) is 6.04 Å². The molecular weight excluding hydrogens is 248 g/mol. The predicted octanol–water partition coefficient (Wildman–Crippen LogP) is 4.64. The highest BCUT2D eigenvalue weighted by Crippen LogP contribution is 2.26. The van der Waals surface area contributed by atoms with Crippen LogP contribution in [0.25, 0.3) is 0 Å². The molecule has 2 aromatic rings. The summed E-state index contributed by atoms with van der Waals surface area (Å²) < 4.78 is 5.45. The van der Waals surface area contributed by atoms with Crippen LogP contribution in [0, 0.1) is 11.3 Å². The zero-order valence-electron chi connectivity index (χ0n) is 12.2. The van der Waals surface area contributed by atoms with E-state index in [1.165, 1.54) is 0 Å². The van der Waals surface area contributed by atoms with Gasteiger partial charge in [0.2, 0.25) is 0 Å². The zero-order valence-corrected chi connectivity index (χ0v) is 12.2. The Labute approximate surface area is 120 Å². The van der Waals surface area contributed by atoms with E-state index in [0.29, 0.717) is 0 Å². The van der Waals surface area contributed by atoms with Gasteiger partial charge in [-0.1, -0.05) is 19.1 Å². The summed E-state index contributed by atoms with van der Waals surface area (Å²) in [5.41, 5.74) is 1.60. The lowest BCUT2D eigenvalue weighted by Gasteiger charge is -2.19. The molecule has 2 rings (SSSR count). The van der Waals surface area contributed by atoms with E-state index < -0.39 is 5.41 Å². The number of hydrogen-bond donors (Lipinski definition) is 1. The van der Waals surface area contributed by atoms with Crippen LogP contribution in [0.3, 0.4) is 0 Å². The van der Waals surface area contributed by atoms with Crippen LogP contribution in [-0.2, 0) is 5.41 Å². The van der Waals surface area contributed by atoms with Gasteiger partial charge in [-0.2, -0.15) is 5.26 Å². The molecule has 1 aromatic heterocycles. The molecule has 0 radical (unpaired) electrons. The van der Waals surface area contributed by atoms with Crippen molar-refractivity contribution in [3.05, 3.63) is 54.0 Å². The molecule has 0 bridgehead atoms. The van der Waals surface area contributed by atoms with Gasteiger partial charge in [0.05, 0.1) is 23.8 Å². The second-order valence-corrected chi connectivity index (χ2v) is 5.43. The Hall–Kier alpha value is -2.21. The van der Waals surface area contributed by atoms with Gasteiger partial charge in [-0.3, -0.25) is 0 Å². The Morgan fingerprint density at radius 3 is 2.45 bits per heavy atom. The molecule has 0 fully saturated rings. The van der Waals surface area contributed by atoms with E-state index in [2.05, 4.69) is 18.3 Å². The van der Waals surface area contributed by atoms with E-state index in [1.54, 1.807) is 6.26 Å². The van der Waals surface area contributed by atoms with Crippen LogP contribution in [0.2, 0.25) is 0 Å². The van der Waals surface area contributed by atoms with Gasteiger partial charge in [-0.05, 0) is 50.1 Å². The maximum Gasteiger partial charge on any atom is 0.125 e. The largest absolute Gasteiger partial charge is 0.467 e. The Morgan fingerprint density at radius 2 is 1.95 bits per heavy atom. The summed E-state index contributed by atoms with van der Waals surface area (Å²) in [7, 11) is 0. The van der Waals surface area contributed by atoms with Crippen molar-refractivity contribution >= 4 is 5.69 Å². The molecule has 0 aliphatic carbocycles. The molecule has 3 heteroatoms. The van der Waals surface area contributed by atoms with Gasteiger partial charge in [0, 0.05) is 5.69 Å². The molecule has 0 amide bonds. The van der Waals surface area contributed by atoms with Gasteiger partial charge in [0.1, 0.15) is 5.76 Å². The first kappa shape index (κ1) is 14.2. The van der Waals surface area contributed by atoms with Crippen LogP contribution in [0.15, 0.2) is 47.1 Å². The monoisotopic (exact) mass is 268 g/mol. The highest BCUT2D eigenvalue weighted by atomic mass is 16.3. The van der Waals surface area contributed by atoms with Gasteiger partial charge >= 0.3 is 0 Å². The van der Waals surface area contributed by atoms with Gasteiger partial charge in [0.15, 0.2) is 0 Å². The minimum atomic E-state index is -0.455. The van der Waals surface area contributed by atoms with Crippen molar-refractivity contribution in [1.29, 1.82) is 5.26 Å². The number of hydrogen-bond acceptors (Lipinski definition) is 3. The molecule has 0 saturated heterocycles. The maximum absolute atomic E-state index is 9.15. The number of anilines is 1. The van der Waals surface area contributed by atoms with Gasteiger partial charge in [-0.15, -0.1) is 0 Å². The third kappa shape index (κ3) is 3.03. The summed E-state index contributed by atoms with van der Waals surface area (Å²) >= 11 is 0. The third-order valence-corrected chi connectivity index (χ3v) is 3.52. The Kier molecular flexibility index (Phi) is 4.14. The van der Waals surface area contributed by atoms with Crippen molar-refractivity contribution in [3.8, 4) is 6.07 Å².